The number of amides is 2. The Hall–Kier alpha value is -2.08. The molecule has 1 atom stereocenters. The maximum Gasteiger partial charge on any atom is 0.227 e. The topological polar surface area (TPSA) is 59.1 Å². The summed E-state index contributed by atoms with van der Waals surface area (Å²) in [6.45, 7) is 3.77. The van der Waals surface area contributed by atoms with Gasteiger partial charge in [-0.15, -0.1) is 0 Å². The second-order valence-electron chi connectivity index (χ2n) is 6.61. The van der Waals surface area contributed by atoms with Crippen LogP contribution in [0.15, 0.2) is 24.3 Å². The summed E-state index contributed by atoms with van der Waals surface area (Å²) in [5, 5.41) is 0. The Morgan fingerprint density at radius 1 is 1.16 bits per heavy atom. The molecule has 0 radical (unpaired) electrons. The van der Waals surface area contributed by atoms with Crippen molar-refractivity contribution in [2.75, 3.05) is 46.5 Å². The molecule has 2 saturated heterocycles. The van der Waals surface area contributed by atoms with Crippen LogP contribution in [0, 0.1) is 5.92 Å². The van der Waals surface area contributed by atoms with Crippen LogP contribution in [-0.2, 0) is 20.7 Å². The van der Waals surface area contributed by atoms with Gasteiger partial charge in [0.25, 0.3) is 0 Å². The molecular formula is C19H26N2O4. The summed E-state index contributed by atoms with van der Waals surface area (Å²) in [6.07, 6.45) is 2.04. The first-order valence-corrected chi connectivity index (χ1v) is 8.95. The zero-order valence-corrected chi connectivity index (χ0v) is 14.8. The van der Waals surface area contributed by atoms with Crippen molar-refractivity contribution in [2.45, 2.75) is 19.3 Å². The summed E-state index contributed by atoms with van der Waals surface area (Å²) in [5.74, 6) is 0.865. The van der Waals surface area contributed by atoms with E-state index in [0.717, 1.165) is 30.7 Å². The third kappa shape index (κ3) is 4.31. The minimum Gasteiger partial charge on any atom is -0.496 e. The molecule has 0 N–H and O–H groups in total. The van der Waals surface area contributed by atoms with Crippen LogP contribution < -0.4 is 4.74 Å². The summed E-state index contributed by atoms with van der Waals surface area (Å²) in [4.78, 5) is 29.1. The van der Waals surface area contributed by atoms with Gasteiger partial charge in [-0.1, -0.05) is 18.2 Å². The first-order valence-electron chi connectivity index (χ1n) is 8.95. The maximum atomic E-state index is 12.7. The molecule has 2 fully saturated rings. The first-order chi connectivity index (χ1) is 12.2. The minimum absolute atomic E-state index is 0.0592. The minimum atomic E-state index is -0.0894. The van der Waals surface area contributed by atoms with E-state index in [0.29, 0.717) is 39.3 Å². The normalized spacial score (nSPS) is 21.1. The Labute approximate surface area is 148 Å². The lowest BCUT2D eigenvalue weighted by Gasteiger charge is -2.36. The van der Waals surface area contributed by atoms with E-state index < -0.39 is 0 Å². The third-order valence-electron chi connectivity index (χ3n) is 4.98. The summed E-state index contributed by atoms with van der Waals surface area (Å²) in [5.41, 5.74) is 0.886. The van der Waals surface area contributed by atoms with E-state index in [4.69, 9.17) is 9.47 Å². The highest BCUT2D eigenvalue weighted by atomic mass is 16.5. The number of likely N-dealkylation sites (tertiary alicyclic amines) is 1. The Morgan fingerprint density at radius 3 is 2.68 bits per heavy atom. The monoisotopic (exact) mass is 346 g/mol. The third-order valence-corrected chi connectivity index (χ3v) is 4.98. The van der Waals surface area contributed by atoms with Crippen molar-refractivity contribution in [1.29, 1.82) is 0 Å². The van der Waals surface area contributed by atoms with Gasteiger partial charge in [-0.05, 0) is 18.9 Å². The number of nitrogens with zero attached hydrogens (tertiary/aromatic N) is 2. The molecule has 1 aromatic carbocycles. The second kappa shape index (κ2) is 8.34. The lowest BCUT2D eigenvalue weighted by Crippen LogP contribution is -2.49. The number of piperidine rings is 1. The molecule has 0 bridgehead atoms. The van der Waals surface area contributed by atoms with Crippen LogP contribution in [0.25, 0.3) is 0 Å². The van der Waals surface area contributed by atoms with E-state index in [2.05, 4.69) is 0 Å². The van der Waals surface area contributed by atoms with Gasteiger partial charge in [-0.3, -0.25) is 9.59 Å². The Bertz CT molecular complexity index is 613. The van der Waals surface area contributed by atoms with Crippen molar-refractivity contribution in [1.82, 2.24) is 9.80 Å². The maximum absolute atomic E-state index is 12.7. The molecule has 1 aromatic rings. The molecule has 136 valence electrons. The highest BCUT2D eigenvalue weighted by Gasteiger charge is 2.31. The van der Waals surface area contributed by atoms with Crippen LogP contribution in [0.2, 0.25) is 0 Å². The van der Waals surface area contributed by atoms with Crippen LogP contribution in [-0.4, -0.2) is 68.1 Å². The SMILES string of the molecule is COc1ccccc1CC(=O)N1CCCC(C(=O)N2CCOCC2)C1. The summed E-state index contributed by atoms with van der Waals surface area (Å²) >= 11 is 0. The number of carbonyl (C=O) groups excluding carboxylic acids is 2. The number of benzene rings is 1. The van der Waals surface area contributed by atoms with Crippen molar-refractivity contribution in [2.24, 2.45) is 5.92 Å². The van der Waals surface area contributed by atoms with Gasteiger partial charge in [0, 0.05) is 31.7 Å². The summed E-state index contributed by atoms with van der Waals surface area (Å²) < 4.78 is 10.6. The first kappa shape index (κ1) is 17.7. The quantitative estimate of drug-likeness (QED) is 0.825. The van der Waals surface area contributed by atoms with Crippen molar-refractivity contribution >= 4 is 11.8 Å². The fourth-order valence-corrected chi connectivity index (χ4v) is 3.57. The van der Waals surface area contributed by atoms with Crippen molar-refractivity contribution in [3.8, 4) is 5.75 Å². The van der Waals surface area contributed by atoms with Gasteiger partial charge in [0.2, 0.25) is 11.8 Å². The molecule has 3 rings (SSSR count). The van der Waals surface area contributed by atoms with E-state index in [-0.39, 0.29) is 17.7 Å². The molecule has 1 unspecified atom stereocenters. The number of ether oxygens (including phenoxy) is 2. The van der Waals surface area contributed by atoms with Crippen LogP contribution >= 0.6 is 0 Å². The molecule has 2 aliphatic heterocycles. The van der Waals surface area contributed by atoms with Crippen LogP contribution in [0.1, 0.15) is 18.4 Å². The van der Waals surface area contributed by atoms with E-state index in [1.165, 1.54) is 0 Å². The lowest BCUT2D eigenvalue weighted by molar-refractivity contribution is -0.143. The van der Waals surface area contributed by atoms with Crippen LogP contribution in [0.4, 0.5) is 0 Å². The molecule has 0 spiro atoms. The number of para-hydroxylation sites is 1. The molecule has 6 nitrogen and oxygen atoms in total. The Morgan fingerprint density at radius 2 is 1.92 bits per heavy atom. The number of hydrogen-bond acceptors (Lipinski definition) is 4. The lowest BCUT2D eigenvalue weighted by atomic mass is 9.95. The highest BCUT2D eigenvalue weighted by molar-refractivity contribution is 5.82. The van der Waals surface area contributed by atoms with E-state index >= 15 is 0 Å². The molecule has 2 amide bonds. The molecule has 0 saturated carbocycles. The summed E-state index contributed by atoms with van der Waals surface area (Å²) in [6, 6.07) is 7.58. The number of carbonyl (C=O) groups is 2. The zero-order valence-electron chi connectivity index (χ0n) is 14.8. The zero-order chi connectivity index (χ0) is 17.6. The van der Waals surface area contributed by atoms with Gasteiger partial charge in [0.1, 0.15) is 5.75 Å². The number of hydrogen-bond donors (Lipinski definition) is 0. The molecule has 6 heteroatoms. The number of morpholine rings is 1. The predicted molar refractivity (Wildman–Crippen MR) is 93.4 cm³/mol. The van der Waals surface area contributed by atoms with Gasteiger partial charge >= 0.3 is 0 Å². The van der Waals surface area contributed by atoms with Crippen molar-refractivity contribution < 1.29 is 19.1 Å². The average molecular weight is 346 g/mol. The Kier molecular flexibility index (Phi) is 5.91. The average Bonchev–Trinajstić information content (AvgIpc) is 2.68. The highest BCUT2D eigenvalue weighted by Crippen LogP contribution is 2.23. The molecule has 25 heavy (non-hydrogen) atoms. The fourth-order valence-electron chi connectivity index (χ4n) is 3.57. The molecular weight excluding hydrogens is 320 g/mol. The van der Waals surface area contributed by atoms with Gasteiger partial charge < -0.3 is 19.3 Å². The van der Waals surface area contributed by atoms with Gasteiger partial charge in [0.15, 0.2) is 0 Å². The van der Waals surface area contributed by atoms with Crippen molar-refractivity contribution in [3.05, 3.63) is 29.8 Å². The Balaban J connectivity index is 1.60. The number of rotatable bonds is 4. The van der Waals surface area contributed by atoms with Crippen LogP contribution in [0.3, 0.4) is 0 Å². The van der Waals surface area contributed by atoms with Gasteiger partial charge in [0.05, 0.1) is 32.7 Å². The number of methoxy groups -OCH3 is 1. The van der Waals surface area contributed by atoms with Gasteiger partial charge in [-0.2, -0.15) is 0 Å². The smallest absolute Gasteiger partial charge is 0.227 e. The van der Waals surface area contributed by atoms with E-state index in [9.17, 15) is 9.59 Å². The van der Waals surface area contributed by atoms with Gasteiger partial charge in [-0.25, -0.2) is 0 Å². The second-order valence-corrected chi connectivity index (χ2v) is 6.61. The molecule has 2 heterocycles. The molecule has 0 aromatic heterocycles. The molecule has 2 aliphatic rings. The largest absolute Gasteiger partial charge is 0.496 e. The van der Waals surface area contributed by atoms with E-state index in [1.54, 1.807) is 7.11 Å². The standard InChI is InChI=1S/C19H26N2O4/c1-24-17-7-3-2-5-15(17)13-18(22)21-8-4-6-16(14-21)19(23)20-9-11-25-12-10-20/h2-3,5,7,16H,4,6,8-14H2,1H3. The fraction of sp³-hybridized carbons (Fsp3) is 0.579. The molecule has 0 aliphatic carbocycles. The van der Waals surface area contributed by atoms with E-state index in [1.807, 2.05) is 34.1 Å². The summed E-state index contributed by atoms with van der Waals surface area (Å²) in [7, 11) is 1.61. The van der Waals surface area contributed by atoms with Crippen LogP contribution in [0.5, 0.6) is 5.75 Å². The van der Waals surface area contributed by atoms with Crippen molar-refractivity contribution in [3.63, 3.8) is 0 Å². The predicted octanol–water partition coefficient (Wildman–Crippen LogP) is 1.34.